The van der Waals surface area contributed by atoms with Gasteiger partial charge in [-0.3, -0.25) is 0 Å². The van der Waals surface area contributed by atoms with Gasteiger partial charge >= 0.3 is 0 Å². The van der Waals surface area contributed by atoms with Crippen LogP contribution in [0.3, 0.4) is 0 Å². The van der Waals surface area contributed by atoms with Crippen molar-refractivity contribution in [2.75, 3.05) is 18.0 Å². The molecule has 1 aromatic rings. The fourth-order valence-electron chi connectivity index (χ4n) is 2.35. The van der Waals surface area contributed by atoms with E-state index in [4.69, 9.17) is 0 Å². The Morgan fingerprint density at radius 1 is 1.29 bits per heavy atom. The topological polar surface area (TPSA) is 43.7 Å². The van der Waals surface area contributed by atoms with Crippen molar-refractivity contribution in [2.24, 2.45) is 5.92 Å². The van der Waals surface area contributed by atoms with Crippen LogP contribution in [0, 0.1) is 5.92 Å². The molecule has 2 rings (SSSR count). The molecule has 1 aromatic carbocycles. The highest BCUT2D eigenvalue weighted by Crippen LogP contribution is 2.30. The van der Waals surface area contributed by atoms with Crippen LogP contribution in [0.2, 0.25) is 0 Å². The van der Waals surface area contributed by atoms with E-state index in [1.807, 2.05) is 12.1 Å². The van der Waals surface area contributed by atoms with Crippen LogP contribution in [0.5, 0.6) is 5.75 Å². The third-order valence-corrected chi connectivity index (χ3v) is 3.61. The zero-order chi connectivity index (χ0) is 12.4. The van der Waals surface area contributed by atoms with Crippen LogP contribution in [0.25, 0.3) is 0 Å². The summed E-state index contributed by atoms with van der Waals surface area (Å²) in [5.41, 5.74) is 1.65. The summed E-state index contributed by atoms with van der Waals surface area (Å²) in [6.07, 6.45) is 1.79. The van der Waals surface area contributed by atoms with Crippen LogP contribution in [0.15, 0.2) is 18.2 Å². The summed E-state index contributed by atoms with van der Waals surface area (Å²) >= 11 is 0. The van der Waals surface area contributed by atoms with E-state index in [-0.39, 0.29) is 5.75 Å². The van der Waals surface area contributed by atoms with Gasteiger partial charge in [-0.2, -0.15) is 0 Å². The van der Waals surface area contributed by atoms with E-state index in [2.05, 4.69) is 11.8 Å². The SMILES string of the molecule is CC1CCN(c2ccc(C(C)O)c(O)c2)CC1. The predicted molar refractivity (Wildman–Crippen MR) is 69.4 cm³/mol. The van der Waals surface area contributed by atoms with E-state index in [9.17, 15) is 10.2 Å². The number of phenolic OH excluding ortho intramolecular Hbond substituents is 1. The summed E-state index contributed by atoms with van der Waals surface area (Å²) in [5.74, 6) is 0.993. The second kappa shape index (κ2) is 4.96. The molecule has 3 nitrogen and oxygen atoms in total. The van der Waals surface area contributed by atoms with Crippen molar-refractivity contribution in [1.29, 1.82) is 0 Å². The molecule has 3 heteroatoms. The Hall–Kier alpha value is -1.22. The summed E-state index contributed by atoms with van der Waals surface area (Å²) in [4.78, 5) is 2.30. The molecule has 1 fully saturated rings. The van der Waals surface area contributed by atoms with Gasteiger partial charge in [0, 0.05) is 30.4 Å². The molecule has 0 radical (unpaired) electrons. The van der Waals surface area contributed by atoms with Crippen molar-refractivity contribution in [1.82, 2.24) is 0 Å². The van der Waals surface area contributed by atoms with Crippen molar-refractivity contribution in [2.45, 2.75) is 32.8 Å². The minimum Gasteiger partial charge on any atom is -0.507 e. The minimum absolute atomic E-state index is 0.191. The molecule has 0 aromatic heterocycles. The second-order valence-electron chi connectivity index (χ2n) is 5.09. The molecule has 1 atom stereocenters. The molecule has 0 amide bonds. The zero-order valence-corrected chi connectivity index (χ0v) is 10.6. The highest BCUT2D eigenvalue weighted by Gasteiger charge is 2.17. The Kier molecular flexibility index (Phi) is 3.57. The number of aliphatic hydroxyl groups excluding tert-OH is 1. The predicted octanol–water partition coefficient (Wildman–Crippen LogP) is 2.68. The van der Waals surface area contributed by atoms with E-state index in [1.165, 1.54) is 12.8 Å². The van der Waals surface area contributed by atoms with Gasteiger partial charge in [0.1, 0.15) is 5.75 Å². The van der Waals surface area contributed by atoms with E-state index >= 15 is 0 Å². The quantitative estimate of drug-likeness (QED) is 0.828. The molecule has 94 valence electrons. The van der Waals surface area contributed by atoms with Crippen LogP contribution in [-0.2, 0) is 0 Å². The van der Waals surface area contributed by atoms with Crippen molar-refractivity contribution in [3.63, 3.8) is 0 Å². The number of hydrogen-bond acceptors (Lipinski definition) is 3. The molecular weight excluding hydrogens is 214 g/mol. The number of nitrogens with zero attached hydrogens (tertiary/aromatic N) is 1. The third kappa shape index (κ3) is 2.72. The lowest BCUT2D eigenvalue weighted by atomic mass is 9.98. The first-order chi connectivity index (χ1) is 8.08. The number of piperidine rings is 1. The lowest BCUT2D eigenvalue weighted by Crippen LogP contribution is -2.32. The maximum atomic E-state index is 9.86. The molecule has 0 aliphatic carbocycles. The fraction of sp³-hybridized carbons (Fsp3) is 0.571. The van der Waals surface area contributed by atoms with E-state index in [0.29, 0.717) is 5.56 Å². The lowest BCUT2D eigenvalue weighted by molar-refractivity contribution is 0.195. The number of phenols is 1. The first kappa shape index (κ1) is 12.2. The summed E-state index contributed by atoms with van der Waals surface area (Å²) in [6.45, 7) is 6.05. The molecule has 0 bridgehead atoms. The Morgan fingerprint density at radius 2 is 1.94 bits per heavy atom. The monoisotopic (exact) mass is 235 g/mol. The van der Waals surface area contributed by atoms with Gasteiger partial charge in [0.2, 0.25) is 0 Å². The first-order valence-corrected chi connectivity index (χ1v) is 6.34. The van der Waals surface area contributed by atoms with E-state index < -0.39 is 6.10 Å². The lowest BCUT2D eigenvalue weighted by Gasteiger charge is -2.32. The van der Waals surface area contributed by atoms with Gasteiger partial charge in [0.05, 0.1) is 6.10 Å². The van der Waals surface area contributed by atoms with Crippen LogP contribution in [0.1, 0.15) is 38.4 Å². The summed E-state index contributed by atoms with van der Waals surface area (Å²) in [6, 6.07) is 5.56. The molecular formula is C14H21NO2. The number of aliphatic hydroxyl groups is 1. The second-order valence-corrected chi connectivity index (χ2v) is 5.09. The molecule has 1 saturated heterocycles. The van der Waals surface area contributed by atoms with Crippen molar-refractivity contribution < 1.29 is 10.2 Å². The minimum atomic E-state index is -0.620. The smallest absolute Gasteiger partial charge is 0.123 e. The van der Waals surface area contributed by atoms with Crippen molar-refractivity contribution in [3.05, 3.63) is 23.8 Å². The Morgan fingerprint density at radius 3 is 2.47 bits per heavy atom. The molecule has 1 aliphatic rings. The standard InChI is InChI=1S/C14H21NO2/c1-10-5-7-15(8-6-10)12-3-4-13(11(2)16)14(17)9-12/h3-4,9-11,16-17H,5-8H2,1-2H3. The van der Waals surface area contributed by atoms with Gasteiger partial charge in [-0.25, -0.2) is 0 Å². The number of anilines is 1. The van der Waals surface area contributed by atoms with E-state index in [1.54, 1.807) is 13.0 Å². The molecule has 1 unspecified atom stereocenters. The van der Waals surface area contributed by atoms with Crippen LogP contribution in [-0.4, -0.2) is 23.3 Å². The average Bonchev–Trinajstić information content (AvgIpc) is 2.29. The highest BCUT2D eigenvalue weighted by molar-refractivity contribution is 5.54. The summed E-state index contributed by atoms with van der Waals surface area (Å²) in [7, 11) is 0. The molecule has 0 saturated carbocycles. The average molecular weight is 235 g/mol. The number of benzene rings is 1. The molecule has 2 N–H and O–H groups in total. The Bertz CT molecular complexity index is 382. The molecule has 1 heterocycles. The summed E-state index contributed by atoms with van der Waals surface area (Å²) in [5, 5.41) is 19.3. The zero-order valence-electron chi connectivity index (χ0n) is 10.6. The normalized spacial score (nSPS) is 19.4. The van der Waals surface area contributed by atoms with E-state index in [0.717, 1.165) is 24.7 Å². The van der Waals surface area contributed by atoms with Crippen LogP contribution >= 0.6 is 0 Å². The van der Waals surface area contributed by atoms with Gasteiger partial charge in [-0.05, 0) is 31.7 Å². The first-order valence-electron chi connectivity index (χ1n) is 6.34. The number of aromatic hydroxyl groups is 1. The molecule has 17 heavy (non-hydrogen) atoms. The number of rotatable bonds is 2. The Balaban J connectivity index is 2.14. The van der Waals surface area contributed by atoms with Gasteiger partial charge in [-0.15, -0.1) is 0 Å². The maximum absolute atomic E-state index is 9.86. The molecule has 0 spiro atoms. The largest absolute Gasteiger partial charge is 0.507 e. The van der Waals surface area contributed by atoms with Gasteiger partial charge in [0.25, 0.3) is 0 Å². The van der Waals surface area contributed by atoms with Crippen LogP contribution < -0.4 is 4.90 Å². The fourth-order valence-corrected chi connectivity index (χ4v) is 2.35. The summed E-state index contributed by atoms with van der Waals surface area (Å²) < 4.78 is 0. The maximum Gasteiger partial charge on any atom is 0.123 e. The van der Waals surface area contributed by atoms with Crippen molar-refractivity contribution in [3.8, 4) is 5.75 Å². The van der Waals surface area contributed by atoms with Crippen LogP contribution in [0.4, 0.5) is 5.69 Å². The van der Waals surface area contributed by atoms with Gasteiger partial charge in [0.15, 0.2) is 0 Å². The highest BCUT2D eigenvalue weighted by atomic mass is 16.3. The Labute approximate surface area is 103 Å². The third-order valence-electron chi connectivity index (χ3n) is 3.61. The van der Waals surface area contributed by atoms with Gasteiger partial charge in [-0.1, -0.05) is 13.0 Å². The molecule has 1 aliphatic heterocycles. The van der Waals surface area contributed by atoms with Crippen molar-refractivity contribution >= 4 is 5.69 Å². The number of hydrogen-bond donors (Lipinski definition) is 2. The van der Waals surface area contributed by atoms with Gasteiger partial charge < -0.3 is 15.1 Å².